The van der Waals surface area contributed by atoms with Crippen LogP contribution in [0.25, 0.3) is 16.3 Å². The standard InChI is InChI=1S/C20H18O5/c1-2-24-9-10-25-20-14-8-4-6-12-16(14)15-11(17(21)18(12)22)5-3-7-13(15)19(20)23/h3-6,8-10,18,21-23H,2,7H2,1H3/b10-9+. The molecule has 0 fully saturated rings. The van der Waals surface area contributed by atoms with E-state index in [0.717, 1.165) is 10.9 Å². The van der Waals surface area contributed by atoms with E-state index < -0.39 is 6.10 Å². The van der Waals surface area contributed by atoms with Gasteiger partial charge in [-0.15, -0.1) is 0 Å². The van der Waals surface area contributed by atoms with Crippen molar-refractivity contribution in [2.75, 3.05) is 6.61 Å². The van der Waals surface area contributed by atoms with E-state index in [4.69, 9.17) is 9.47 Å². The van der Waals surface area contributed by atoms with Gasteiger partial charge in [-0.25, -0.2) is 0 Å². The average molecular weight is 338 g/mol. The molecule has 2 aliphatic carbocycles. The second kappa shape index (κ2) is 5.86. The van der Waals surface area contributed by atoms with Crippen molar-refractivity contribution in [3.8, 4) is 11.5 Å². The van der Waals surface area contributed by atoms with Crippen LogP contribution in [0.15, 0.2) is 48.6 Å². The van der Waals surface area contributed by atoms with E-state index in [9.17, 15) is 15.3 Å². The summed E-state index contributed by atoms with van der Waals surface area (Å²) in [6.45, 7) is 2.38. The minimum atomic E-state index is -1.10. The van der Waals surface area contributed by atoms with E-state index in [0.29, 0.717) is 40.9 Å². The van der Waals surface area contributed by atoms with Gasteiger partial charge in [-0.1, -0.05) is 30.4 Å². The third kappa shape index (κ3) is 2.20. The number of hydrogen-bond donors (Lipinski definition) is 3. The third-order valence-corrected chi connectivity index (χ3v) is 4.60. The topological polar surface area (TPSA) is 79.2 Å². The summed E-state index contributed by atoms with van der Waals surface area (Å²) in [5, 5.41) is 33.1. The van der Waals surface area contributed by atoms with E-state index in [1.165, 1.54) is 12.5 Å². The largest absolute Gasteiger partial charge is 0.509 e. The molecule has 2 aliphatic rings. The fraction of sp³-hybridized carbons (Fsp3) is 0.200. The molecule has 0 saturated heterocycles. The van der Waals surface area contributed by atoms with Crippen LogP contribution in [0.5, 0.6) is 11.5 Å². The van der Waals surface area contributed by atoms with Gasteiger partial charge >= 0.3 is 0 Å². The second-order valence-electron chi connectivity index (χ2n) is 5.95. The molecule has 0 saturated carbocycles. The van der Waals surface area contributed by atoms with Crippen LogP contribution in [0.2, 0.25) is 0 Å². The van der Waals surface area contributed by atoms with Gasteiger partial charge in [0.15, 0.2) is 11.5 Å². The van der Waals surface area contributed by atoms with Crippen molar-refractivity contribution in [1.82, 2.24) is 0 Å². The van der Waals surface area contributed by atoms with Crippen LogP contribution in [0.4, 0.5) is 0 Å². The zero-order valence-corrected chi connectivity index (χ0v) is 13.7. The number of rotatable bonds is 4. The van der Waals surface area contributed by atoms with Gasteiger partial charge in [0.25, 0.3) is 0 Å². The van der Waals surface area contributed by atoms with Gasteiger partial charge in [-0.3, -0.25) is 0 Å². The highest BCUT2D eigenvalue weighted by Gasteiger charge is 2.33. The minimum Gasteiger partial charge on any atom is -0.509 e. The molecule has 2 aromatic rings. The highest BCUT2D eigenvalue weighted by atomic mass is 16.5. The van der Waals surface area contributed by atoms with Gasteiger partial charge in [0.2, 0.25) is 0 Å². The van der Waals surface area contributed by atoms with Gasteiger partial charge in [0, 0.05) is 27.5 Å². The molecule has 128 valence electrons. The summed E-state index contributed by atoms with van der Waals surface area (Å²) in [7, 11) is 0. The van der Waals surface area contributed by atoms with Crippen LogP contribution in [0, 0.1) is 0 Å². The van der Waals surface area contributed by atoms with Crippen LogP contribution in [0.3, 0.4) is 0 Å². The Morgan fingerprint density at radius 1 is 1.24 bits per heavy atom. The van der Waals surface area contributed by atoms with Crippen molar-refractivity contribution in [3.05, 3.63) is 65.3 Å². The number of phenols is 1. The Hall–Kier alpha value is -2.92. The first-order chi connectivity index (χ1) is 12.1. The Kier molecular flexibility index (Phi) is 3.66. The lowest BCUT2D eigenvalue weighted by molar-refractivity contribution is 0.157. The Labute approximate surface area is 144 Å². The van der Waals surface area contributed by atoms with Crippen molar-refractivity contribution in [2.45, 2.75) is 19.4 Å². The van der Waals surface area contributed by atoms with Crippen LogP contribution >= 0.6 is 0 Å². The molecule has 1 atom stereocenters. The summed E-state index contributed by atoms with van der Waals surface area (Å²) in [6.07, 6.45) is 5.85. The van der Waals surface area contributed by atoms with Crippen LogP contribution in [-0.4, -0.2) is 21.9 Å². The Balaban J connectivity index is 2.02. The molecule has 5 heteroatoms. The molecule has 25 heavy (non-hydrogen) atoms. The molecule has 3 N–H and O–H groups in total. The van der Waals surface area contributed by atoms with Gasteiger partial charge in [-0.05, 0) is 18.9 Å². The lowest BCUT2D eigenvalue weighted by Crippen LogP contribution is -2.14. The summed E-state index contributed by atoms with van der Waals surface area (Å²) in [4.78, 5) is 0. The van der Waals surface area contributed by atoms with Gasteiger partial charge in [0.1, 0.15) is 24.4 Å². The van der Waals surface area contributed by atoms with Crippen molar-refractivity contribution >= 4 is 16.3 Å². The zero-order chi connectivity index (χ0) is 17.6. The normalized spacial score (nSPS) is 18.2. The fourth-order valence-electron chi connectivity index (χ4n) is 3.53. The second-order valence-corrected chi connectivity index (χ2v) is 5.95. The van der Waals surface area contributed by atoms with Crippen molar-refractivity contribution in [1.29, 1.82) is 0 Å². The smallest absolute Gasteiger partial charge is 0.176 e. The number of aromatic hydroxyl groups is 1. The van der Waals surface area contributed by atoms with Gasteiger partial charge in [0.05, 0.1) is 6.61 Å². The molecule has 0 radical (unpaired) electrons. The first kappa shape index (κ1) is 15.6. The number of benzene rings is 2. The van der Waals surface area contributed by atoms with Crippen LogP contribution in [-0.2, 0) is 11.2 Å². The minimum absolute atomic E-state index is 0.0341. The molecule has 0 aliphatic heterocycles. The SMILES string of the molecule is CCO/C=C/Oc1c(O)c2c3c4c(cccc14)C(O)C(O)=C3C=CC2. The van der Waals surface area contributed by atoms with Gasteiger partial charge < -0.3 is 24.8 Å². The molecule has 0 aromatic heterocycles. The Morgan fingerprint density at radius 3 is 2.88 bits per heavy atom. The summed E-state index contributed by atoms with van der Waals surface area (Å²) in [5.41, 5.74) is 2.58. The highest BCUT2D eigenvalue weighted by molar-refractivity contribution is 6.07. The van der Waals surface area contributed by atoms with Crippen molar-refractivity contribution in [2.24, 2.45) is 0 Å². The van der Waals surface area contributed by atoms with E-state index in [1.54, 1.807) is 18.2 Å². The number of hydrogen-bond acceptors (Lipinski definition) is 5. The maximum Gasteiger partial charge on any atom is 0.176 e. The maximum absolute atomic E-state index is 10.8. The number of aliphatic hydroxyl groups is 2. The van der Waals surface area contributed by atoms with E-state index in [1.807, 2.05) is 19.1 Å². The summed E-state index contributed by atoms with van der Waals surface area (Å²) >= 11 is 0. The number of aliphatic hydroxyl groups excluding tert-OH is 2. The molecule has 1 unspecified atom stereocenters. The molecule has 5 nitrogen and oxygen atoms in total. The molecule has 0 bridgehead atoms. The lowest BCUT2D eigenvalue weighted by Gasteiger charge is -2.29. The predicted octanol–water partition coefficient (Wildman–Crippen LogP) is 3.86. The first-order valence-corrected chi connectivity index (χ1v) is 8.17. The zero-order valence-electron chi connectivity index (χ0n) is 13.7. The molecular weight excluding hydrogens is 320 g/mol. The molecule has 4 rings (SSSR count). The molecule has 0 heterocycles. The quantitative estimate of drug-likeness (QED) is 0.738. The summed E-state index contributed by atoms with van der Waals surface area (Å²) in [5.74, 6) is 0.253. The van der Waals surface area contributed by atoms with Crippen molar-refractivity contribution < 1.29 is 24.8 Å². The average Bonchev–Trinajstić information content (AvgIpc) is 2.64. The van der Waals surface area contributed by atoms with Crippen LogP contribution < -0.4 is 4.74 Å². The van der Waals surface area contributed by atoms with Crippen molar-refractivity contribution in [3.63, 3.8) is 0 Å². The predicted molar refractivity (Wildman–Crippen MR) is 94.4 cm³/mol. The number of ether oxygens (including phenoxy) is 2. The summed E-state index contributed by atoms with van der Waals surface area (Å²) in [6, 6.07) is 5.37. The molecule has 0 amide bonds. The monoisotopic (exact) mass is 338 g/mol. The van der Waals surface area contributed by atoms with E-state index in [-0.39, 0.29) is 11.5 Å². The molecular formula is C20H18O5. The maximum atomic E-state index is 10.8. The number of phenolic OH excluding ortho intramolecular Hbond substituents is 1. The molecule has 0 spiro atoms. The van der Waals surface area contributed by atoms with E-state index >= 15 is 0 Å². The lowest BCUT2D eigenvalue weighted by atomic mass is 9.79. The Bertz CT molecular complexity index is 952. The summed E-state index contributed by atoms with van der Waals surface area (Å²) < 4.78 is 10.8. The highest BCUT2D eigenvalue weighted by Crippen LogP contribution is 2.51. The first-order valence-electron chi connectivity index (χ1n) is 8.17. The van der Waals surface area contributed by atoms with Gasteiger partial charge in [-0.2, -0.15) is 0 Å². The fourth-order valence-corrected chi connectivity index (χ4v) is 3.53. The Morgan fingerprint density at radius 2 is 2.08 bits per heavy atom. The molecule has 2 aromatic carbocycles. The third-order valence-electron chi connectivity index (χ3n) is 4.60. The van der Waals surface area contributed by atoms with Crippen LogP contribution in [0.1, 0.15) is 29.7 Å². The van der Waals surface area contributed by atoms with E-state index in [2.05, 4.69) is 0 Å². The number of allylic oxidation sites excluding steroid dienone is 3.